The Hall–Kier alpha value is -0.990. The van der Waals surface area contributed by atoms with Crippen LogP contribution in [0.3, 0.4) is 0 Å². The predicted molar refractivity (Wildman–Crippen MR) is 66.4 cm³/mol. The lowest BCUT2D eigenvalue weighted by Gasteiger charge is -2.28. The van der Waals surface area contributed by atoms with E-state index in [0.29, 0.717) is 12.3 Å². The van der Waals surface area contributed by atoms with E-state index in [0.717, 1.165) is 31.2 Å². The number of alkyl halides is 1. The molecule has 0 bridgehead atoms. The van der Waals surface area contributed by atoms with Gasteiger partial charge >= 0.3 is 0 Å². The summed E-state index contributed by atoms with van der Waals surface area (Å²) < 4.78 is 39.3. The summed E-state index contributed by atoms with van der Waals surface area (Å²) in [7, 11) is 0. The van der Waals surface area contributed by atoms with E-state index in [1.54, 1.807) is 0 Å². The van der Waals surface area contributed by atoms with Gasteiger partial charge in [0.15, 0.2) is 0 Å². The van der Waals surface area contributed by atoms with Gasteiger partial charge in [-0.1, -0.05) is 0 Å². The molecule has 2 rings (SSSR count). The zero-order valence-corrected chi connectivity index (χ0v) is 10.7. The number of hydrogen-bond acceptors (Lipinski definition) is 0. The highest BCUT2D eigenvalue weighted by atomic mass is 19.1. The van der Waals surface area contributed by atoms with Crippen molar-refractivity contribution in [3.8, 4) is 0 Å². The first-order valence-corrected chi connectivity index (χ1v) is 6.63. The average molecular weight is 256 g/mol. The molecule has 0 spiro atoms. The van der Waals surface area contributed by atoms with Crippen LogP contribution in [0.5, 0.6) is 0 Å². The summed E-state index contributed by atoms with van der Waals surface area (Å²) >= 11 is 0. The van der Waals surface area contributed by atoms with E-state index in [2.05, 4.69) is 0 Å². The van der Waals surface area contributed by atoms with Crippen molar-refractivity contribution in [1.82, 2.24) is 0 Å². The molecule has 0 nitrogen and oxygen atoms in total. The first-order chi connectivity index (χ1) is 8.61. The molecule has 18 heavy (non-hydrogen) atoms. The number of rotatable bonds is 3. The van der Waals surface area contributed by atoms with Crippen molar-refractivity contribution in [2.75, 3.05) is 6.67 Å². The minimum atomic E-state index is -0.462. The summed E-state index contributed by atoms with van der Waals surface area (Å²) in [6.45, 7) is 1.19. The minimum Gasteiger partial charge on any atom is -0.251 e. The third kappa shape index (κ3) is 2.88. The highest BCUT2D eigenvalue weighted by molar-refractivity contribution is 5.28. The lowest BCUT2D eigenvalue weighted by molar-refractivity contribution is 0.283. The van der Waals surface area contributed by atoms with Gasteiger partial charge in [-0.05, 0) is 68.6 Å². The molecule has 0 atom stereocenters. The molecule has 0 unspecified atom stereocenters. The van der Waals surface area contributed by atoms with Crippen LogP contribution in [0.25, 0.3) is 0 Å². The molecule has 1 saturated carbocycles. The maximum absolute atomic E-state index is 13.5. The fraction of sp³-hybridized carbons (Fsp3) is 0.600. The Morgan fingerprint density at radius 3 is 2.11 bits per heavy atom. The summed E-state index contributed by atoms with van der Waals surface area (Å²) in [4.78, 5) is 0. The molecule has 0 heterocycles. The highest BCUT2D eigenvalue weighted by Crippen LogP contribution is 2.37. The fourth-order valence-electron chi connectivity index (χ4n) is 2.84. The molecule has 0 aliphatic heterocycles. The molecule has 1 aliphatic rings. The SMILES string of the molecule is Cc1c(F)cc(C2CCC(CCF)CC2)cc1F. The van der Waals surface area contributed by atoms with E-state index in [9.17, 15) is 13.2 Å². The van der Waals surface area contributed by atoms with Gasteiger partial charge in [-0.2, -0.15) is 0 Å². The second-order valence-electron chi connectivity index (χ2n) is 5.30. The van der Waals surface area contributed by atoms with Gasteiger partial charge < -0.3 is 0 Å². The Morgan fingerprint density at radius 1 is 1.06 bits per heavy atom. The first-order valence-electron chi connectivity index (χ1n) is 6.63. The third-order valence-corrected chi connectivity index (χ3v) is 4.14. The van der Waals surface area contributed by atoms with Crippen LogP contribution in [-0.4, -0.2) is 6.67 Å². The Labute approximate surface area is 106 Å². The van der Waals surface area contributed by atoms with Crippen LogP contribution < -0.4 is 0 Å². The summed E-state index contributed by atoms with van der Waals surface area (Å²) in [5.74, 6) is -0.247. The Balaban J connectivity index is 2.05. The maximum atomic E-state index is 13.5. The van der Waals surface area contributed by atoms with Crippen molar-refractivity contribution in [2.24, 2.45) is 5.92 Å². The lowest BCUT2D eigenvalue weighted by atomic mass is 9.77. The van der Waals surface area contributed by atoms with Crippen LogP contribution in [0.1, 0.15) is 49.1 Å². The molecule has 0 saturated heterocycles. The van der Waals surface area contributed by atoms with Crippen molar-refractivity contribution in [3.63, 3.8) is 0 Å². The lowest BCUT2D eigenvalue weighted by Crippen LogP contribution is -2.14. The van der Waals surface area contributed by atoms with Gasteiger partial charge in [0.25, 0.3) is 0 Å². The number of hydrogen-bond donors (Lipinski definition) is 0. The van der Waals surface area contributed by atoms with Crippen molar-refractivity contribution in [3.05, 3.63) is 34.9 Å². The van der Waals surface area contributed by atoms with E-state index in [1.165, 1.54) is 19.1 Å². The monoisotopic (exact) mass is 256 g/mol. The normalized spacial score (nSPS) is 24.2. The molecular formula is C15H19F3. The van der Waals surface area contributed by atoms with E-state index in [-0.39, 0.29) is 18.2 Å². The topological polar surface area (TPSA) is 0 Å². The van der Waals surface area contributed by atoms with Crippen molar-refractivity contribution >= 4 is 0 Å². The van der Waals surface area contributed by atoms with Gasteiger partial charge in [-0.15, -0.1) is 0 Å². The number of halogens is 3. The van der Waals surface area contributed by atoms with Crippen LogP contribution in [0.15, 0.2) is 12.1 Å². The zero-order valence-electron chi connectivity index (χ0n) is 10.7. The Morgan fingerprint density at radius 2 is 1.61 bits per heavy atom. The first kappa shape index (κ1) is 13.4. The van der Waals surface area contributed by atoms with Crippen LogP contribution in [-0.2, 0) is 0 Å². The molecule has 3 heteroatoms. The van der Waals surface area contributed by atoms with Gasteiger partial charge in [0.1, 0.15) is 11.6 Å². The molecule has 1 aromatic carbocycles. The predicted octanol–water partition coefficient (Wildman–Crippen LogP) is 4.91. The third-order valence-electron chi connectivity index (χ3n) is 4.14. The molecule has 0 N–H and O–H groups in total. The smallest absolute Gasteiger partial charge is 0.129 e. The summed E-state index contributed by atoms with van der Waals surface area (Å²) in [5.41, 5.74) is 0.846. The van der Waals surface area contributed by atoms with Gasteiger partial charge in [0.2, 0.25) is 0 Å². The second kappa shape index (κ2) is 5.77. The molecule has 1 aliphatic carbocycles. The van der Waals surface area contributed by atoms with E-state index < -0.39 is 11.6 Å². The number of benzene rings is 1. The molecule has 1 aromatic rings. The zero-order chi connectivity index (χ0) is 13.1. The summed E-state index contributed by atoms with van der Waals surface area (Å²) in [5, 5.41) is 0. The quantitative estimate of drug-likeness (QED) is 0.721. The largest absolute Gasteiger partial charge is 0.251 e. The van der Waals surface area contributed by atoms with Gasteiger partial charge in [0.05, 0.1) is 6.67 Å². The molecular weight excluding hydrogens is 237 g/mol. The molecule has 100 valence electrons. The maximum Gasteiger partial charge on any atom is 0.129 e. The van der Waals surface area contributed by atoms with Crippen LogP contribution in [0, 0.1) is 24.5 Å². The van der Waals surface area contributed by atoms with E-state index in [4.69, 9.17) is 0 Å². The van der Waals surface area contributed by atoms with Crippen molar-refractivity contribution in [1.29, 1.82) is 0 Å². The van der Waals surface area contributed by atoms with Crippen LogP contribution in [0.4, 0.5) is 13.2 Å². The van der Waals surface area contributed by atoms with Gasteiger partial charge in [0, 0.05) is 5.56 Å². The van der Waals surface area contributed by atoms with Gasteiger partial charge in [-0.25, -0.2) is 8.78 Å². The molecule has 0 radical (unpaired) electrons. The standard InChI is InChI=1S/C15H19F3/c1-10-14(17)8-13(9-15(10)18)12-4-2-11(3-5-12)6-7-16/h8-9,11-12H,2-7H2,1H3. The van der Waals surface area contributed by atoms with E-state index >= 15 is 0 Å². The molecule has 1 fully saturated rings. The summed E-state index contributed by atoms with van der Waals surface area (Å²) in [6, 6.07) is 2.91. The highest BCUT2D eigenvalue weighted by Gasteiger charge is 2.23. The fourth-order valence-corrected chi connectivity index (χ4v) is 2.84. The summed E-state index contributed by atoms with van der Waals surface area (Å²) in [6.07, 6.45) is 4.37. The second-order valence-corrected chi connectivity index (χ2v) is 5.30. The van der Waals surface area contributed by atoms with Crippen LogP contribution in [0.2, 0.25) is 0 Å². The Kier molecular flexibility index (Phi) is 4.31. The van der Waals surface area contributed by atoms with Crippen LogP contribution >= 0.6 is 0 Å². The minimum absolute atomic E-state index is 0.0878. The van der Waals surface area contributed by atoms with Crippen molar-refractivity contribution in [2.45, 2.75) is 44.9 Å². The average Bonchev–Trinajstić information content (AvgIpc) is 2.37. The molecule has 0 aromatic heterocycles. The van der Waals surface area contributed by atoms with Crippen molar-refractivity contribution < 1.29 is 13.2 Å². The Bertz CT molecular complexity index is 383. The van der Waals surface area contributed by atoms with Gasteiger partial charge in [-0.3, -0.25) is 4.39 Å². The molecule has 0 amide bonds. The van der Waals surface area contributed by atoms with E-state index in [1.807, 2.05) is 0 Å².